The van der Waals surface area contributed by atoms with Gasteiger partial charge in [-0.3, -0.25) is 4.98 Å². The van der Waals surface area contributed by atoms with Gasteiger partial charge in [0.15, 0.2) is 11.5 Å². The molecule has 3 nitrogen and oxygen atoms in total. The lowest BCUT2D eigenvalue weighted by Crippen LogP contribution is -1.92. The van der Waals surface area contributed by atoms with E-state index in [1.54, 1.807) is 11.8 Å². The van der Waals surface area contributed by atoms with E-state index >= 15 is 0 Å². The van der Waals surface area contributed by atoms with Crippen LogP contribution in [0.1, 0.15) is 5.56 Å². The van der Waals surface area contributed by atoms with E-state index in [0.29, 0.717) is 6.79 Å². The summed E-state index contributed by atoms with van der Waals surface area (Å²) in [6.07, 6.45) is 3.62. The summed E-state index contributed by atoms with van der Waals surface area (Å²) in [6, 6.07) is 10.1. The predicted octanol–water partition coefficient (Wildman–Crippen LogP) is 3.10. The maximum Gasteiger partial charge on any atom is 0.231 e. The molecule has 0 unspecified atom stereocenters. The Kier molecular flexibility index (Phi) is 2.88. The van der Waals surface area contributed by atoms with E-state index in [0.717, 1.165) is 17.3 Å². The minimum atomic E-state index is 0.330. The van der Waals surface area contributed by atoms with Crippen molar-refractivity contribution in [3.8, 4) is 11.5 Å². The van der Waals surface area contributed by atoms with Gasteiger partial charge in [-0.05, 0) is 29.8 Å². The molecule has 0 saturated heterocycles. The molecule has 0 radical (unpaired) electrons. The summed E-state index contributed by atoms with van der Waals surface area (Å²) in [5, 5.41) is 0. The fourth-order valence-corrected chi connectivity index (χ4v) is 2.46. The SMILES string of the molecule is c1cc(SCc2ccc3c(c2)OCO3)ccn1. The van der Waals surface area contributed by atoms with Gasteiger partial charge in [0, 0.05) is 23.0 Å². The van der Waals surface area contributed by atoms with Crippen LogP contribution in [0.25, 0.3) is 0 Å². The lowest BCUT2D eigenvalue weighted by Gasteiger charge is -2.03. The number of ether oxygens (including phenoxy) is 2. The summed E-state index contributed by atoms with van der Waals surface area (Å²) in [5.74, 6) is 2.60. The van der Waals surface area contributed by atoms with Crippen molar-refractivity contribution in [3.05, 3.63) is 48.3 Å². The third-order valence-electron chi connectivity index (χ3n) is 2.49. The van der Waals surface area contributed by atoms with Crippen molar-refractivity contribution < 1.29 is 9.47 Å². The topological polar surface area (TPSA) is 31.4 Å². The van der Waals surface area contributed by atoms with Gasteiger partial charge in [-0.2, -0.15) is 0 Å². The normalized spacial score (nSPS) is 12.7. The number of thioether (sulfide) groups is 1. The van der Waals surface area contributed by atoms with Gasteiger partial charge in [0.25, 0.3) is 0 Å². The Morgan fingerprint density at radius 2 is 1.88 bits per heavy atom. The monoisotopic (exact) mass is 245 g/mol. The van der Waals surface area contributed by atoms with E-state index in [9.17, 15) is 0 Å². The lowest BCUT2D eigenvalue weighted by molar-refractivity contribution is 0.174. The average Bonchev–Trinajstić information content (AvgIpc) is 2.85. The predicted molar refractivity (Wildman–Crippen MR) is 66.4 cm³/mol. The van der Waals surface area contributed by atoms with Crippen molar-refractivity contribution in [1.29, 1.82) is 0 Å². The number of hydrogen-bond donors (Lipinski definition) is 0. The van der Waals surface area contributed by atoms with Crippen LogP contribution >= 0.6 is 11.8 Å². The number of benzene rings is 1. The van der Waals surface area contributed by atoms with Crippen LogP contribution in [-0.4, -0.2) is 11.8 Å². The molecule has 1 aliphatic heterocycles. The van der Waals surface area contributed by atoms with Gasteiger partial charge in [0.05, 0.1) is 0 Å². The van der Waals surface area contributed by atoms with Crippen molar-refractivity contribution in [2.75, 3.05) is 6.79 Å². The largest absolute Gasteiger partial charge is 0.454 e. The first-order chi connectivity index (χ1) is 8.42. The van der Waals surface area contributed by atoms with Crippen molar-refractivity contribution in [1.82, 2.24) is 4.98 Å². The van der Waals surface area contributed by atoms with Gasteiger partial charge in [0.2, 0.25) is 6.79 Å². The number of hydrogen-bond acceptors (Lipinski definition) is 4. The van der Waals surface area contributed by atoms with E-state index in [-0.39, 0.29) is 0 Å². The molecule has 1 aromatic heterocycles. The first-order valence-electron chi connectivity index (χ1n) is 5.33. The summed E-state index contributed by atoms with van der Waals surface area (Å²) in [6.45, 7) is 0.330. The fourth-order valence-electron chi connectivity index (χ4n) is 1.63. The molecule has 0 bridgehead atoms. The van der Waals surface area contributed by atoms with Gasteiger partial charge in [-0.25, -0.2) is 0 Å². The summed E-state index contributed by atoms with van der Waals surface area (Å²) in [5.41, 5.74) is 1.23. The average molecular weight is 245 g/mol. The van der Waals surface area contributed by atoms with Crippen molar-refractivity contribution in [2.45, 2.75) is 10.6 Å². The highest BCUT2D eigenvalue weighted by Crippen LogP contribution is 2.34. The molecule has 0 aliphatic carbocycles. The number of fused-ring (bicyclic) bond motifs is 1. The lowest BCUT2D eigenvalue weighted by atomic mass is 10.2. The molecule has 4 heteroatoms. The third kappa shape index (κ3) is 2.36. The molecule has 0 fully saturated rings. The van der Waals surface area contributed by atoms with Gasteiger partial charge in [-0.15, -0.1) is 11.8 Å². The highest BCUT2D eigenvalue weighted by atomic mass is 32.2. The van der Waals surface area contributed by atoms with Gasteiger partial charge < -0.3 is 9.47 Å². The molecule has 86 valence electrons. The second-order valence-electron chi connectivity index (χ2n) is 3.66. The van der Waals surface area contributed by atoms with Crippen LogP contribution in [0, 0.1) is 0 Å². The molecule has 2 aromatic rings. The minimum Gasteiger partial charge on any atom is -0.454 e. The molecule has 0 saturated carbocycles. The second kappa shape index (κ2) is 4.67. The van der Waals surface area contributed by atoms with Crippen LogP contribution in [0.5, 0.6) is 11.5 Å². The zero-order valence-electron chi connectivity index (χ0n) is 9.13. The first kappa shape index (κ1) is 10.5. The van der Waals surface area contributed by atoms with E-state index in [2.05, 4.69) is 11.1 Å². The minimum absolute atomic E-state index is 0.330. The summed E-state index contributed by atoms with van der Waals surface area (Å²) >= 11 is 1.78. The smallest absolute Gasteiger partial charge is 0.231 e. The molecular formula is C13H11NO2S. The van der Waals surface area contributed by atoms with E-state index in [1.165, 1.54) is 10.5 Å². The number of aromatic nitrogens is 1. The Morgan fingerprint density at radius 3 is 2.76 bits per heavy atom. The van der Waals surface area contributed by atoms with Gasteiger partial charge in [0.1, 0.15) is 0 Å². The van der Waals surface area contributed by atoms with Crippen LogP contribution in [-0.2, 0) is 5.75 Å². The summed E-state index contributed by atoms with van der Waals surface area (Å²) in [4.78, 5) is 5.22. The van der Waals surface area contributed by atoms with Crippen LogP contribution in [0.15, 0.2) is 47.6 Å². The highest BCUT2D eigenvalue weighted by Gasteiger charge is 2.12. The molecular weight excluding hydrogens is 234 g/mol. The Hall–Kier alpha value is -1.68. The van der Waals surface area contributed by atoms with Crippen LogP contribution < -0.4 is 9.47 Å². The first-order valence-corrected chi connectivity index (χ1v) is 6.32. The van der Waals surface area contributed by atoms with Crippen molar-refractivity contribution in [3.63, 3.8) is 0 Å². The summed E-state index contributed by atoms with van der Waals surface area (Å²) in [7, 11) is 0. The molecule has 1 aromatic carbocycles. The van der Waals surface area contributed by atoms with Crippen molar-refractivity contribution >= 4 is 11.8 Å². The van der Waals surface area contributed by atoms with Crippen molar-refractivity contribution in [2.24, 2.45) is 0 Å². The fraction of sp³-hybridized carbons (Fsp3) is 0.154. The van der Waals surface area contributed by atoms with E-state index < -0.39 is 0 Å². The molecule has 0 spiro atoms. The van der Waals surface area contributed by atoms with Gasteiger partial charge in [-0.1, -0.05) is 6.07 Å². The maximum absolute atomic E-state index is 5.35. The van der Waals surface area contributed by atoms with Gasteiger partial charge >= 0.3 is 0 Å². The number of nitrogens with zero attached hydrogens (tertiary/aromatic N) is 1. The summed E-state index contributed by atoms with van der Waals surface area (Å²) < 4.78 is 10.6. The van der Waals surface area contributed by atoms with E-state index in [4.69, 9.17) is 9.47 Å². The Balaban J connectivity index is 1.70. The maximum atomic E-state index is 5.35. The zero-order valence-corrected chi connectivity index (χ0v) is 9.94. The third-order valence-corrected chi connectivity index (χ3v) is 3.58. The quantitative estimate of drug-likeness (QED) is 0.778. The standard InChI is InChI=1S/C13H11NO2S/c1-2-12-13(16-9-15-12)7-10(1)8-17-11-3-5-14-6-4-11/h1-7H,8-9H2. The zero-order chi connectivity index (χ0) is 11.5. The molecule has 3 rings (SSSR count). The van der Waals surface area contributed by atoms with Crippen LogP contribution in [0.3, 0.4) is 0 Å². The second-order valence-corrected chi connectivity index (χ2v) is 4.71. The molecule has 0 amide bonds. The number of rotatable bonds is 3. The number of pyridine rings is 1. The Labute approximate surface area is 104 Å². The van der Waals surface area contributed by atoms with E-state index in [1.807, 2.05) is 36.7 Å². The van der Waals surface area contributed by atoms with Crippen LogP contribution in [0.4, 0.5) is 0 Å². The van der Waals surface area contributed by atoms with Crippen LogP contribution in [0.2, 0.25) is 0 Å². The molecule has 0 atom stereocenters. The Bertz CT molecular complexity index is 516. The Morgan fingerprint density at radius 1 is 1.06 bits per heavy atom. The molecule has 1 aliphatic rings. The molecule has 17 heavy (non-hydrogen) atoms. The molecule has 2 heterocycles. The highest BCUT2D eigenvalue weighted by molar-refractivity contribution is 7.98. The molecule has 0 N–H and O–H groups in total.